The predicted octanol–water partition coefficient (Wildman–Crippen LogP) is 2.21. The maximum Gasteiger partial charge on any atom is 0.347 e. The van der Waals surface area contributed by atoms with Gasteiger partial charge in [-0.2, -0.15) is 0 Å². The van der Waals surface area contributed by atoms with E-state index < -0.39 is 30.5 Å². The lowest BCUT2D eigenvalue weighted by Gasteiger charge is -2.14. The number of carbonyl (C=O) groups is 3. The van der Waals surface area contributed by atoms with Crippen LogP contribution in [0.4, 0.5) is 5.69 Å². The van der Waals surface area contributed by atoms with E-state index in [1.54, 1.807) is 55.5 Å². The Hall–Kier alpha value is -3.00. The Kier molecular flexibility index (Phi) is 7.69. The van der Waals surface area contributed by atoms with Crippen molar-refractivity contribution in [2.45, 2.75) is 17.9 Å². The van der Waals surface area contributed by atoms with Crippen molar-refractivity contribution in [1.29, 1.82) is 0 Å². The lowest BCUT2D eigenvalue weighted by Crippen LogP contribution is -2.29. The zero-order valence-electron chi connectivity index (χ0n) is 14.7. The van der Waals surface area contributed by atoms with Crippen molar-refractivity contribution in [3.05, 3.63) is 54.6 Å². The highest BCUT2D eigenvalue weighted by molar-refractivity contribution is 8.00. The van der Waals surface area contributed by atoms with Crippen LogP contribution in [0.25, 0.3) is 0 Å². The van der Waals surface area contributed by atoms with Gasteiger partial charge in [-0.15, -0.1) is 11.8 Å². The third-order valence-electron chi connectivity index (χ3n) is 3.26. The highest BCUT2D eigenvalue weighted by atomic mass is 32.2. The lowest BCUT2D eigenvalue weighted by molar-refractivity contribution is -0.153. The number of nitrogens with two attached hydrogens (primary N) is 1. The summed E-state index contributed by atoms with van der Waals surface area (Å²) in [6.45, 7) is 1.10. The maximum absolute atomic E-state index is 12.1. The first-order valence-corrected chi connectivity index (χ1v) is 9.12. The van der Waals surface area contributed by atoms with Crippen molar-refractivity contribution < 1.29 is 23.9 Å². The van der Waals surface area contributed by atoms with E-state index in [0.29, 0.717) is 16.3 Å². The number of thioether (sulfide) groups is 1. The molecule has 1 atom stereocenters. The summed E-state index contributed by atoms with van der Waals surface area (Å²) in [4.78, 5) is 35.6. The zero-order valence-corrected chi connectivity index (χ0v) is 15.5. The number of amides is 2. The minimum Gasteiger partial charge on any atom is -0.479 e. The number of esters is 1. The molecule has 0 aliphatic rings. The van der Waals surface area contributed by atoms with E-state index in [4.69, 9.17) is 15.2 Å². The predicted molar refractivity (Wildman–Crippen MR) is 102 cm³/mol. The number of ether oxygens (including phenoxy) is 2. The fourth-order valence-electron chi connectivity index (χ4n) is 2.04. The van der Waals surface area contributed by atoms with Crippen molar-refractivity contribution in [2.75, 3.05) is 17.7 Å². The van der Waals surface area contributed by atoms with Gasteiger partial charge in [-0.25, -0.2) is 4.79 Å². The number of primary amides is 1. The van der Waals surface area contributed by atoms with Crippen LogP contribution in [-0.2, 0) is 19.1 Å². The van der Waals surface area contributed by atoms with E-state index in [0.717, 1.165) is 0 Å². The van der Waals surface area contributed by atoms with Crippen molar-refractivity contribution >= 4 is 35.2 Å². The maximum atomic E-state index is 12.1. The third-order valence-corrected chi connectivity index (χ3v) is 4.36. The average Bonchev–Trinajstić information content (AvgIpc) is 2.66. The summed E-state index contributed by atoms with van der Waals surface area (Å²) < 4.78 is 10.4. The molecule has 2 amide bonds. The van der Waals surface area contributed by atoms with Crippen molar-refractivity contribution in [3.63, 3.8) is 0 Å². The summed E-state index contributed by atoms with van der Waals surface area (Å²) in [6, 6.07) is 15.8. The summed E-state index contributed by atoms with van der Waals surface area (Å²) in [5.74, 6) is -0.974. The molecule has 0 saturated carbocycles. The molecule has 0 heterocycles. The molecule has 3 N–H and O–H groups in total. The van der Waals surface area contributed by atoms with Gasteiger partial charge in [0.2, 0.25) is 5.91 Å². The van der Waals surface area contributed by atoms with Crippen LogP contribution in [0, 0.1) is 0 Å². The molecular formula is C19H20N2O5S. The molecule has 0 aromatic heterocycles. The summed E-state index contributed by atoms with van der Waals surface area (Å²) in [7, 11) is 0. The number of nitrogens with one attached hydrogen (secondary N) is 1. The van der Waals surface area contributed by atoms with E-state index in [1.807, 2.05) is 6.07 Å². The van der Waals surface area contributed by atoms with Crippen LogP contribution in [-0.4, -0.2) is 36.2 Å². The van der Waals surface area contributed by atoms with Crippen LogP contribution in [0.3, 0.4) is 0 Å². The molecule has 0 radical (unpaired) electrons. The number of carbonyl (C=O) groups excluding carboxylic acids is 3. The Bertz CT molecular complexity index is 798. The number of hydrogen-bond acceptors (Lipinski definition) is 6. The summed E-state index contributed by atoms with van der Waals surface area (Å²) >= 11 is 1.21. The fourth-order valence-corrected chi connectivity index (χ4v) is 2.78. The largest absolute Gasteiger partial charge is 0.479 e. The van der Waals surface area contributed by atoms with Crippen molar-refractivity contribution in [2.24, 2.45) is 5.73 Å². The summed E-state index contributed by atoms with van der Waals surface area (Å²) in [5.41, 5.74) is 5.65. The molecule has 142 valence electrons. The number of benzene rings is 2. The minimum atomic E-state index is -0.849. The second kappa shape index (κ2) is 10.2. The molecule has 0 saturated heterocycles. The van der Waals surface area contributed by atoms with E-state index in [9.17, 15) is 14.4 Å². The topological polar surface area (TPSA) is 108 Å². The number of anilines is 1. The third kappa shape index (κ3) is 7.02. The Morgan fingerprint density at radius 1 is 1.07 bits per heavy atom. The minimum absolute atomic E-state index is 0.0935. The molecule has 0 fully saturated rings. The standard InChI is InChI=1S/C19H20N2O5S/c1-13(26-14-7-3-2-4-8-14)19(24)25-11-18(23)21-15-9-5-6-10-16(15)27-12-17(20)22/h2-10,13H,11-12H2,1H3,(H2,20,22)(H,21,23)/t13-/m1/s1. The van der Waals surface area contributed by atoms with Gasteiger partial charge in [0.1, 0.15) is 5.75 Å². The van der Waals surface area contributed by atoms with Gasteiger partial charge in [0, 0.05) is 4.90 Å². The van der Waals surface area contributed by atoms with Crippen LogP contribution in [0.2, 0.25) is 0 Å². The highest BCUT2D eigenvalue weighted by Crippen LogP contribution is 2.26. The van der Waals surface area contributed by atoms with Gasteiger partial charge >= 0.3 is 5.97 Å². The van der Waals surface area contributed by atoms with E-state index in [2.05, 4.69) is 5.32 Å². The molecule has 0 aliphatic carbocycles. The van der Waals surface area contributed by atoms with Gasteiger partial charge in [-0.1, -0.05) is 30.3 Å². The van der Waals surface area contributed by atoms with Gasteiger partial charge in [-0.05, 0) is 31.2 Å². The molecule has 27 heavy (non-hydrogen) atoms. The smallest absolute Gasteiger partial charge is 0.347 e. The Morgan fingerprint density at radius 3 is 2.44 bits per heavy atom. The van der Waals surface area contributed by atoms with Crippen LogP contribution in [0.5, 0.6) is 5.75 Å². The second-order valence-electron chi connectivity index (χ2n) is 5.48. The Balaban J connectivity index is 1.83. The first-order valence-electron chi connectivity index (χ1n) is 8.14. The second-order valence-corrected chi connectivity index (χ2v) is 6.50. The summed E-state index contributed by atoms with van der Waals surface area (Å²) in [5, 5.41) is 2.65. The first-order chi connectivity index (χ1) is 13.0. The monoisotopic (exact) mass is 388 g/mol. The molecule has 0 aliphatic heterocycles. The van der Waals surface area contributed by atoms with Crippen molar-refractivity contribution in [1.82, 2.24) is 0 Å². The van der Waals surface area contributed by atoms with Crippen LogP contribution in [0.15, 0.2) is 59.5 Å². The molecule has 8 heteroatoms. The molecule has 0 spiro atoms. The van der Waals surface area contributed by atoms with E-state index in [1.165, 1.54) is 11.8 Å². The van der Waals surface area contributed by atoms with Gasteiger partial charge in [-0.3, -0.25) is 9.59 Å². The Morgan fingerprint density at radius 2 is 1.74 bits per heavy atom. The first kappa shape index (κ1) is 20.3. The summed E-state index contributed by atoms with van der Waals surface area (Å²) in [6.07, 6.45) is -0.849. The molecular weight excluding hydrogens is 368 g/mol. The molecule has 2 aromatic carbocycles. The van der Waals surface area contributed by atoms with Gasteiger partial charge in [0.25, 0.3) is 5.91 Å². The molecule has 2 rings (SSSR count). The zero-order chi connectivity index (χ0) is 19.6. The highest BCUT2D eigenvalue weighted by Gasteiger charge is 2.18. The van der Waals surface area contributed by atoms with Crippen molar-refractivity contribution in [3.8, 4) is 5.75 Å². The quantitative estimate of drug-likeness (QED) is 0.504. The number of para-hydroxylation sites is 2. The molecule has 7 nitrogen and oxygen atoms in total. The normalized spacial score (nSPS) is 11.3. The average molecular weight is 388 g/mol. The molecule has 0 bridgehead atoms. The fraction of sp³-hybridized carbons (Fsp3) is 0.211. The number of hydrogen-bond donors (Lipinski definition) is 2. The lowest BCUT2D eigenvalue weighted by atomic mass is 10.3. The van der Waals surface area contributed by atoms with Gasteiger partial charge < -0.3 is 20.5 Å². The molecule has 0 unspecified atom stereocenters. The Labute approximate surface area is 161 Å². The van der Waals surface area contributed by atoms with Crippen LogP contribution >= 0.6 is 11.8 Å². The number of rotatable bonds is 9. The van der Waals surface area contributed by atoms with Crippen LogP contribution < -0.4 is 15.8 Å². The van der Waals surface area contributed by atoms with Crippen LogP contribution in [0.1, 0.15) is 6.92 Å². The van der Waals surface area contributed by atoms with Gasteiger partial charge in [0.05, 0.1) is 11.4 Å². The van der Waals surface area contributed by atoms with E-state index >= 15 is 0 Å². The van der Waals surface area contributed by atoms with Gasteiger partial charge in [0.15, 0.2) is 12.7 Å². The molecule has 2 aromatic rings. The SMILES string of the molecule is C[C@@H](Oc1ccccc1)C(=O)OCC(=O)Nc1ccccc1SCC(N)=O. The van der Waals surface area contributed by atoms with E-state index in [-0.39, 0.29) is 5.75 Å².